The third-order valence-electron chi connectivity index (χ3n) is 18.0. The summed E-state index contributed by atoms with van der Waals surface area (Å²) in [6, 6.07) is -2.32. The molecule has 1 aromatic rings. The van der Waals surface area contributed by atoms with E-state index in [2.05, 4.69) is 115 Å². The van der Waals surface area contributed by atoms with Crippen LogP contribution in [0.2, 0.25) is 0 Å². The minimum Gasteiger partial charge on any atom is -0.481 e. The molecule has 39 nitrogen and oxygen atoms in total. The smallest absolute Gasteiger partial charge is 0.305 e. The molecule has 21 N–H and O–H groups in total. The molecule has 0 spiro atoms. The normalized spacial score (nSPS) is 19.3. The first-order chi connectivity index (χ1) is 54.3. The molecule has 0 bridgehead atoms. The molecule has 114 heavy (non-hydrogen) atoms. The molecule has 1 heterocycles. The van der Waals surface area contributed by atoms with Crippen molar-refractivity contribution in [3.8, 4) is 0 Å². The lowest BCUT2D eigenvalue weighted by atomic mass is 9.94. The van der Waals surface area contributed by atoms with Gasteiger partial charge in [0.15, 0.2) is 5.96 Å². The van der Waals surface area contributed by atoms with Gasteiger partial charge in [0.2, 0.25) is 70.9 Å². The number of hydrogen-bond donors (Lipinski definition) is 22. The van der Waals surface area contributed by atoms with Crippen molar-refractivity contribution in [3.05, 3.63) is 35.9 Å². The summed E-state index contributed by atoms with van der Waals surface area (Å²) in [6.45, 7) is 15.2. The van der Waals surface area contributed by atoms with Gasteiger partial charge in [0.25, 0.3) is 0 Å². The quantitative estimate of drug-likeness (QED) is 0.00782. The van der Waals surface area contributed by atoms with Crippen LogP contribution in [0.4, 0.5) is 0 Å². The van der Waals surface area contributed by atoms with Crippen LogP contribution in [0, 0.1) is 11.3 Å². The highest BCUT2D eigenvalue weighted by Crippen LogP contribution is 2.17. The fourth-order valence-corrected chi connectivity index (χ4v) is 12.1. The maximum Gasteiger partial charge on any atom is 0.305 e. The number of oxime groups is 2. The Morgan fingerprint density at radius 2 is 1.04 bits per heavy atom. The molecule has 0 unspecified atom stereocenters. The van der Waals surface area contributed by atoms with Crippen molar-refractivity contribution in [2.75, 3.05) is 128 Å². The van der Waals surface area contributed by atoms with Gasteiger partial charge in [-0.15, -0.1) is 11.8 Å². The summed E-state index contributed by atoms with van der Waals surface area (Å²) in [5.74, 6) is -12.7. The highest BCUT2D eigenvalue weighted by atomic mass is 32.2. The number of nitrogens with two attached hydrogens (primary N) is 1. The van der Waals surface area contributed by atoms with Gasteiger partial charge in [-0.25, -0.2) is 0 Å². The first-order valence-electron chi connectivity index (χ1n) is 38.1. The second-order valence-corrected chi connectivity index (χ2v) is 29.5. The monoisotopic (exact) mass is 1670 g/mol. The number of carboxylic acid groups (broad SMARTS) is 1. The van der Waals surface area contributed by atoms with Crippen molar-refractivity contribution in [2.24, 2.45) is 22.0 Å². The van der Waals surface area contributed by atoms with Crippen molar-refractivity contribution >= 4 is 131 Å². The number of amides is 12. The van der Waals surface area contributed by atoms with E-state index in [1.807, 2.05) is 27.7 Å². The first-order valence-corrected chi connectivity index (χ1v) is 40.5. The molecular weight excluding hydrogens is 1550 g/mol. The van der Waals surface area contributed by atoms with Crippen LogP contribution in [0.15, 0.2) is 40.6 Å². The van der Waals surface area contributed by atoms with Crippen LogP contribution in [-0.2, 0) is 87.7 Å². The van der Waals surface area contributed by atoms with Gasteiger partial charge >= 0.3 is 5.97 Å². The lowest BCUT2D eigenvalue weighted by molar-refractivity contribution is -0.141. The average molecular weight is 1670 g/mol. The summed E-state index contributed by atoms with van der Waals surface area (Å²) in [5, 5.41) is 83.3. The first kappa shape index (κ1) is 101. The van der Waals surface area contributed by atoms with Crippen LogP contribution in [0.5, 0.6) is 0 Å². The Kier molecular flexibility index (Phi) is 51.8. The number of benzene rings is 1. The number of nitrogens with one attached hydrogen (secondary N) is 16. The lowest BCUT2D eigenvalue weighted by Crippen LogP contribution is -2.60. The van der Waals surface area contributed by atoms with E-state index in [9.17, 15) is 77.9 Å². The minimum absolute atomic E-state index is 0.0126. The Bertz CT molecular complexity index is 3220. The summed E-state index contributed by atoms with van der Waals surface area (Å²) in [5.41, 5.74) is 5.91. The molecule has 0 saturated carbocycles. The van der Waals surface area contributed by atoms with Crippen molar-refractivity contribution in [1.82, 2.24) is 79.8 Å². The molecule has 1 saturated heterocycles. The van der Waals surface area contributed by atoms with E-state index in [0.29, 0.717) is 49.6 Å². The number of ether oxygens (including phenoxy) is 4. The zero-order valence-electron chi connectivity index (χ0n) is 66.4. The SMILES string of the molecule is CCOCC(=O)NCCOCCOCCOCCNC(=O)[C@@H]1CSCC(=O)N[C@@H](CCCCNC(=O)CCCC(=O)NCCC(CCNC(C)(C)/C(C)=N\O)CCNC(C)(C)/C(C)=N\O)C(=O)N[C@@H](CS)C(=O)N[C@@H](CCCNC(=N)N)C(=O)NCC(=O)N[C@@H](CC(=O)O)C(=O)N[C@@H](CS)C(=O)N[C@@H](Cc2ccccc2)C(=O)N1. The Balaban J connectivity index is 2.44. The molecule has 7 atom stereocenters. The molecule has 42 heteroatoms. The number of nitrogens with zero attached hydrogens (tertiary/aromatic N) is 2. The number of carbonyl (C=O) groups excluding carboxylic acids is 12. The highest BCUT2D eigenvalue weighted by Gasteiger charge is 2.35. The molecule has 644 valence electrons. The number of guanidine groups is 1. The molecule has 0 radical (unpaired) electrons. The molecule has 1 aromatic carbocycles. The average Bonchev–Trinajstić information content (AvgIpc) is 0.889. The van der Waals surface area contributed by atoms with Gasteiger partial charge in [0.1, 0.15) is 48.9 Å². The summed E-state index contributed by atoms with van der Waals surface area (Å²) in [7, 11) is 0. The van der Waals surface area contributed by atoms with Gasteiger partial charge in [-0.2, -0.15) is 25.3 Å². The lowest BCUT2D eigenvalue weighted by Gasteiger charge is -2.28. The van der Waals surface area contributed by atoms with Crippen molar-refractivity contribution in [1.29, 1.82) is 5.41 Å². The summed E-state index contributed by atoms with van der Waals surface area (Å²) >= 11 is 9.44. The van der Waals surface area contributed by atoms with E-state index in [0.717, 1.165) is 24.6 Å². The van der Waals surface area contributed by atoms with Crippen LogP contribution in [-0.4, -0.2) is 291 Å². The summed E-state index contributed by atoms with van der Waals surface area (Å²) < 4.78 is 21.7. The molecule has 1 aliphatic heterocycles. The van der Waals surface area contributed by atoms with Crippen LogP contribution >= 0.6 is 37.0 Å². The van der Waals surface area contributed by atoms with Crippen LogP contribution in [0.1, 0.15) is 131 Å². The Labute approximate surface area is 681 Å². The topological polar surface area (TPSA) is 575 Å². The maximum absolute atomic E-state index is 14.6. The van der Waals surface area contributed by atoms with Crippen LogP contribution in [0.25, 0.3) is 0 Å². The second-order valence-electron chi connectivity index (χ2n) is 27.8. The summed E-state index contributed by atoms with van der Waals surface area (Å²) in [6.07, 6.45) is 1.56. The Hall–Kier alpha value is -8.65. The second kappa shape index (κ2) is 58.2. The van der Waals surface area contributed by atoms with Gasteiger partial charge in [-0.1, -0.05) is 40.6 Å². The molecule has 2 rings (SSSR count). The number of aliphatic carboxylic acids is 1. The van der Waals surface area contributed by atoms with Crippen molar-refractivity contribution in [2.45, 2.75) is 185 Å². The minimum atomic E-state index is -1.87. The fourth-order valence-electron chi connectivity index (χ4n) is 10.7. The fraction of sp³-hybridized carbons (Fsp3) is 0.694. The number of carboxylic acids is 1. The van der Waals surface area contributed by atoms with Crippen LogP contribution in [0.3, 0.4) is 0 Å². The largest absolute Gasteiger partial charge is 0.481 e. The highest BCUT2D eigenvalue weighted by molar-refractivity contribution is 8.00. The molecule has 1 fully saturated rings. The standard InChI is InChI=1S/C72H123N19O20S3/c1-8-108-41-60(95)77-30-32-109-34-36-111-37-35-110-33-31-78-64(100)56-44-114-45-61(96)83-51(18-12-13-25-75-57(92)20-14-21-58(93)76-27-22-48(23-28-81-71(4,5)46(2)90-106)24-29-82-72(6,7)47(3)91-107)65(101)87-54(42-112)68(104)85-50(19-15-26-79-70(73)74)63(99)80-40-59(94)84-53(39-62(97)98)67(103)88-55(43-113)69(105)86-52(66(102)89-56)38-49-16-10-9-11-17-49/h9-11,16-17,48,50-56,81-82,106-107,112-113H,8,12-15,18-45H2,1-7H3,(H,75,92)(H,76,93)(H,77,95)(H,78,100)(H,80,99)(H,83,96)(H,84,94)(H,85,104)(H,86,105)(H,87,101)(H,88,103)(H,89,102)(H,97,98)(H4,73,74,79)/b90-46-,91-47-/t50-,51-,52-,53-,54-,55-,56-/m0/s1. The van der Waals surface area contributed by atoms with Gasteiger partial charge in [0.05, 0.1) is 80.9 Å². The van der Waals surface area contributed by atoms with Gasteiger partial charge < -0.3 is 120 Å². The Morgan fingerprint density at radius 3 is 1.59 bits per heavy atom. The van der Waals surface area contributed by atoms with E-state index < -0.39 is 143 Å². The third-order valence-corrected chi connectivity index (χ3v) is 19.8. The Morgan fingerprint density at radius 1 is 0.561 bits per heavy atom. The van der Waals surface area contributed by atoms with E-state index in [1.165, 1.54) is 0 Å². The van der Waals surface area contributed by atoms with Gasteiger partial charge in [-0.05, 0) is 131 Å². The number of rotatable bonds is 48. The third kappa shape index (κ3) is 44.9. The number of thioether (sulfide) groups is 1. The molecule has 0 aromatic heterocycles. The van der Waals surface area contributed by atoms with Crippen LogP contribution < -0.4 is 85.5 Å². The van der Waals surface area contributed by atoms with E-state index in [4.69, 9.17) is 30.1 Å². The summed E-state index contributed by atoms with van der Waals surface area (Å²) in [4.78, 5) is 177. The molecule has 12 amide bonds. The molecular formula is C72H123N19O20S3. The van der Waals surface area contributed by atoms with E-state index in [1.54, 1.807) is 51.1 Å². The predicted molar refractivity (Wildman–Crippen MR) is 433 cm³/mol. The molecule has 0 aliphatic carbocycles. The van der Waals surface area contributed by atoms with Crippen molar-refractivity contribution < 1.29 is 96.8 Å². The zero-order valence-corrected chi connectivity index (χ0v) is 69.0. The maximum atomic E-state index is 14.6. The van der Waals surface area contributed by atoms with Gasteiger partial charge in [-0.3, -0.25) is 67.7 Å². The van der Waals surface area contributed by atoms with E-state index >= 15 is 0 Å². The number of hydrogen-bond acceptors (Lipinski definition) is 27. The number of carbonyl (C=O) groups is 13. The van der Waals surface area contributed by atoms with E-state index in [-0.39, 0.29) is 165 Å². The van der Waals surface area contributed by atoms with Gasteiger partial charge in [0, 0.05) is 75.9 Å². The number of unbranched alkanes of at least 4 members (excludes halogenated alkanes) is 1. The predicted octanol–water partition coefficient (Wildman–Crippen LogP) is -2.80. The van der Waals surface area contributed by atoms with Crippen molar-refractivity contribution in [3.63, 3.8) is 0 Å². The molecule has 1 aliphatic rings. The zero-order chi connectivity index (χ0) is 84.9. The number of thiol groups is 2.